The normalized spacial score (nSPS) is 16.1. The predicted octanol–water partition coefficient (Wildman–Crippen LogP) is 2.60. The molecule has 0 amide bonds. The Kier molecular flexibility index (Phi) is 3.84. The van der Waals surface area contributed by atoms with Crippen LogP contribution in [-0.2, 0) is 4.74 Å². The van der Waals surface area contributed by atoms with Gasteiger partial charge in [-0.1, -0.05) is 24.3 Å². The molecule has 1 unspecified atom stereocenters. The molecular weight excluding hydrogens is 286 g/mol. The SMILES string of the molecule is O=C(c1cccc([N+](=O)[O-])c1)c1ccccc1OCC1CO1. The van der Waals surface area contributed by atoms with Crippen LogP contribution in [-0.4, -0.2) is 30.0 Å². The first-order chi connectivity index (χ1) is 10.6. The Balaban J connectivity index is 1.87. The Labute approximate surface area is 126 Å². The molecule has 0 aliphatic carbocycles. The Morgan fingerprint density at radius 2 is 2.05 bits per heavy atom. The number of rotatable bonds is 6. The summed E-state index contributed by atoms with van der Waals surface area (Å²) in [5, 5.41) is 10.8. The van der Waals surface area contributed by atoms with Crippen LogP contribution in [0.4, 0.5) is 5.69 Å². The van der Waals surface area contributed by atoms with E-state index >= 15 is 0 Å². The number of hydrogen-bond acceptors (Lipinski definition) is 5. The summed E-state index contributed by atoms with van der Waals surface area (Å²) in [4.78, 5) is 22.9. The van der Waals surface area contributed by atoms with Crippen LogP contribution in [0.1, 0.15) is 15.9 Å². The van der Waals surface area contributed by atoms with Gasteiger partial charge < -0.3 is 9.47 Å². The highest BCUT2D eigenvalue weighted by Gasteiger charge is 2.24. The standard InChI is InChI=1S/C16H13NO5/c18-16(11-4-3-5-12(8-11)17(19)20)14-6-1-2-7-15(14)22-10-13-9-21-13/h1-8,13H,9-10H2. The number of carbonyl (C=O) groups is 1. The van der Waals surface area contributed by atoms with Crippen LogP contribution in [0.5, 0.6) is 5.75 Å². The third-order valence-corrected chi connectivity index (χ3v) is 3.28. The molecule has 6 nitrogen and oxygen atoms in total. The average molecular weight is 299 g/mol. The van der Waals surface area contributed by atoms with Gasteiger partial charge in [0.15, 0.2) is 5.78 Å². The highest BCUT2D eigenvalue weighted by atomic mass is 16.6. The van der Waals surface area contributed by atoms with Crippen LogP contribution < -0.4 is 4.74 Å². The molecule has 1 fully saturated rings. The summed E-state index contributed by atoms with van der Waals surface area (Å²) in [6, 6.07) is 12.5. The lowest BCUT2D eigenvalue weighted by Crippen LogP contribution is -2.09. The minimum Gasteiger partial charge on any atom is -0.490 e. The van der Waals surface area contributed by atoms with Crippen molar-refractivity contribution in [3.05, 3.63) is 69.8 Å². The van der Waals surface area contributed by atoms with Crippen molar-refractivity contribution in [1.29, 1.82) is 0 Å². The van der Waals surface area contributed by atoms with E-state index in [4.69, 9.17) is 9.47 Å². The van der Waals surface area contributed by atoms with Gasteiger partial charge in [0, 0.05) is 17.7 Å². The van der Waals surface area contributed by atoms with Crippen molar-refractivity contribution >= 4 is 11.5 Å². The molecule has 0 spiro atoms. The monoisotopic (exact) mass is 299 g/mol. The molecule has 3 rings (SSSR count). The van der Waals surface area contributed by atoms with Gasteiger partial charge in [0.2, 0.25) is 0 Å². The van der Waals surface area contributed by atoms with Gasteiger partial charge in [-0.25, -0.2) is 0 Å². The largest absolute Gasteiger partial charge is 0.490 e. The van der Waals surface area contributed by atoms with E-state index in [1.54, 1.807) is 30.3 Å². The number of nitro benzene ring substituents is 1. The highest BCUT2D eigenvalue weighted by molar-refractivity contribution is 6.11. The first kappa shape index (κ1) is 14.2. The van der Waals surface area contributed by atoms with Crippen molar-refractivity contribution in [2.45, 2.75) is 6.10 Å². The smallest absolute Gasteiger partial charge is 0.270 e. The maximum absolute atomic E-state index is 12.6. The zero-order valence-electron chi connectivity index (χ0n) is 11.6. The minimum atomic E-state index is -0.524. The van der Waals surface area contributed by atoms with Crippen LogP contribution in [0.15, 0.2) is 48.5 Å². The summed E-state index contributed by atoms with van der Waals surface area (Å²) in [7, 11) is 0. The van der Waals surface area contributed by atoms with Crippen LogP contribution >= 0.6 is 0 Å². The lowest BCUT2D eigenvalue weighted by molar-refractivity contribution is -0.384. The summed E-state index contributed by atoms with van der Waals surface area (Å²) in [5.41, 5.74) is 0.521. The fraction of sp³-hybridized carbons (Fsp3) is 0.188. The average Bonchev–Trinajstić information content (AvgIpc) is 3.37. The predicted molar refractivity (Wildman–Crippen MR) is 78.2 cm³/mol. The number of ketones is 1. The summed E-state index contributed by atoms with van der Waals surface area (Å²) < 4.78 is 10.7. The Morgan fingerprint density at radius 3 is 2.77 bits per heavy atom. The van der Waals surface area contributed by atoms with Gasteiger partial charge in [-0.3, -0.25) is 14.9 Å². The van der Waals surface area contributed by atoms with Gasteiger partial charge in [-0.2, -0.15) is 0 Å². The van der Waals surface area contributed by atoms with E-state index in [-0.39, 0.29) is 23.1 Å². The molecule has 1 aliphatic heterocycles. The number of nitrogens with zero attached hydrogens (tertiary/aromatic N) is 1. The highest BCUT2D eigenvalue weighted by Crippen LogP contribution is 2.24. The maximum Gasteiger partial charge on any atom is 0.270 e. The van der Waals surface area contributed by atoms with Crippen LogP contribution in [0.3, 0.4) is 0 Å². The number of epoxide rings is 1. The van der Waals surface area contributed by atoms with Crippen molar-refractivity contribution in [3.8, 4) is 5.75 Å². The number of ether oxygens (including phenoxy) is 2. The second kappa shape index (κ2) is 5.95. The molecule has 0 bridgehead atoms. The Hall–Kier alpha value is -2.73. The van der Waals surface area contributed by atoms with E-state index in [9.17, 15) is 14.9 Å². The summed E-state index contributed by atoms with van der Waals surface area (Å²) in [6.45, 7) is 1.06. The molecule has 1 saturated heterocycles. The van der Waals surface area contributed by atoms with E-state index in [1.165, 1.54) is 18.2 Å². The topological polar surface area (TPSA) is 82.0 Å². The molecule has 0 radical (unpaired) electrons. The zero-order valence-corrected chi connectivity index (χ0v) is 11.6. The second-order valence-electron chi connectivity index (χ2n) is 4.90. The van der Waals surface area contributed by atoms with Gasteiger partial charge in [0.1, 0.15) is 18.5 Å². The number of nitro groups is 1. The first-order valence-electron chi connectivity index (χ1n) is 6.78. The minimum absolute atomic E-state index is 0.0842. The zero-order chi connectivity index (χ0) is 15.5. The van der Waals surface area contributed by atoms with E-state index in [1.807, 2.05) is 0 Å². The number of benzene rings is 2. The summed E-state index contributed by atoms with van der Waals surface area (Å²) in [6.07, 6.45) is 0.0842. The molecule has 1 heterocycles. The number of hydrogen-bond donors (Lipinski definition) is 0. The summed E-state index contributed by atoms with van der Waals surface area (Å²) in [5.74, 6) is 0.144. The van der Waals surface area contributed by atoms with Gasteiger partial charge in [0.05, 0.1) is 17.1 Å². The summed E-state index contributed by atoms with van der Waals surface area (Å²) >= 11 is 0. The van der Waals surface area contributed by atoms with Crippen LogP contribution in [0, 0.1) is 10.1 Å². The molecule has 0 saturated carbocycles. The number of non-ortho nitro benzene ring substituents is 1. The lowest BCUT2D eigenvalue weighted by atomic mass is 10.0. The lowest BCUT2D eigenvalue weighted by Gasteiger charge is -2.09. The third kappa shape index (κ3) is 3.12. The van der Waals surface area contributed by atoms with Crippen LogP contribution in [0.2, 0.25) is 0 Å². The fourth-order valence-corrected chi connectivity index (χ4v) is 2.04. The molecule has 0 N–H and O–H groups in total. The quantitative estimate of drug-likeness (QED) is 0.354. The molecule has 2 aromatic carbocycles. The van der Waals surface area contributed by atoms with Crippen molar-refractivity contribution < 1.29 is 19.2 Å². The van der Waals surface area contributed by atoms with E-state index in [0.29, 0.717) is 24.5 Å². The molecule has 0 aromatic heterocycles. The second-order valence-corrected chi connectivity index (χ2v) is 4.90. The van der Waals surface area contributed by atoms with Crippen molar-refractivity contribution in [3.63, 3.8) is 0 Å². The van der Waals surface area contributed by atoms with E-state index < -0.39 is 4.92 Å². The maximum atomic E-state index is 12.6. The molecule has 22 heavy (non-hydrogen) atoms. The third-order valence-electron chi connectivity index (χ3n) is 3.28. The molecule has 6 heteroatoms. The molecule has 2 aromatic rings. The first-order valence-corrected chi connectivity index (χ1v) is 6.78. The van der Waals surface area contributed by atoms with E-state index in [0.717, 1.165) is 0 Å². The Morgan fingerprint density at radius 1 is 1.27 bits per heavy atom. The van der Waals surface area contributed by atoms with Gasteiger partial charge in [-0.15, -0.1) is 0 Å². The van der Waals surface area contributed by atoms with Gasteiger partial charge >= 0.3 is 0 Å². The van der Waals surface area contributed by atoms with Gasteiger partial charge in [0.25, 0.3) is 5.69 Å². The van der Waals surface area contributed by atoms with Gasteiger partial charge in [-0.05, 0) is 12.1 Å². The van der Waals surface area contributed by atoms with Crippen molar-refractivity contribution in [2.24, 2.45) is 0 Å². The molecule has 1 aliphatic rings. The van der Waals surface area contributed by atoms with E-state index in [2.05, 4.69) is 0 Å². The molecule has 1 atom stereocenters. The Bertz CT molecular complexity index is 724. The number of carbonyl (C=O) groups excluding carboxylic acids is 1. The molecule has 112 valence electrons. The fourth-order valence-electron chi connectivity index (χ4n) is 2.04. The van der Waals surface area contributed by atoms with Crippen molar-refractivity contribution in [2.75, 3.05) is 13.2 Å². The van der Waals surface area contributed by atoms with Crippen LogP contribution in [0.25, 0.3) is 0 Å². The number of para-hydroxylation sites is 1. The van der Waals surface area contributed by atoms with Crippen molar-refractivity contribution in [1.82, 2.24) is 0 Å². The molecular formula is C16H13NO5.